The second kappa shape index (κ2) is 8.60. The molecule has 1 heterocycles. The van der Waals surface area contributed by atoms with E-state index in [1.807, 2.05) is 55.6 Å². The zero-order chi connectivity index (χ0) is 22.9. The first kappa shape index (κ1) is 21.8. The largest absolute Gasteiger partial charge is 0.317 e. The molecular formula is C27H25NO3S. The minimum absolute atomic E-state index is 0.0828. The Hall–Kier alpha value is -3.44. The lowest BCUT2D eigenvalue weighted by molar-refractivity contribution is 0.604. The van der Waals surface area contributed by atoms with Gasteiger partial charge in [0.25, 0.3) is 5.56 Å². The van der Waals surface area contributed by atoms with Gasteiger partial charge < -0.3 is 4.57 Å². The highest BCUT2D eigenvalue weighted by molar-refractivity contribution is 7.93. The molecule has 0 spiro atoms. The predicted octanol–water partition coefficient (Wildman–Crippen LogP) is 5.16. The second-order valence-electron chi connectivity index (χ2n) is 8.09. The van der Waals surface area contributed by atoms with Gasteiger partial charge in [-0.2, -0.15) is 0 Å². The fraction of sp³-hybridized carbons (Fsp3) is 0.148. The standard InChI is InChI=1S/C27H25NO3S/c1-4-32(30,31)18-22-9-7-8-21(16-20-14-12-19(2)13-15-20)26(22)25-17-28(3)27(29)24-11-6-5-10-23(24)25/h4-15,17H,1,16,18H2,2-3H3. The van der Waals surface area contributed by atoms with E-state index in [1.165, 1.54) is 5.56 Å². The van der Waals surface area contributed by atoms with Gasteiger partial charge in [0.1, 0.15) is 0 Å². The van der Waals surface area contributed by atoms with Gasteiger partial charge in [0.2, 0.25) is 0 Å². The van der Waals surface area contributed by atoms with E-state index in [0.29, 0.717) is 17.4 Å². The molecule has 0 fully saturated rings. The lowest BCUT2D eigenvalue weighted by atomic mass is 9.89. The number of pyridine rings is 1. The molecule has 1 aromatic heterocycles. The quantitative estimate of drug-likeness (QED) is 0.413. The van der Waals surface area contributed by atoms with Gasteiger partial charge in [-0.1, -0.05) is 72.8 Å². The summed E-state index contributed by atoms with van der Waals surface area (Å²) in [7, 11) is -1.75. The third-order valence-corrected chi connectivity index (χ3v) is 6.94. The summed E-state index contributed by atoms with van der Waals surface area (Å²) in [5.74, 6) is -0.148. The SMILES string of the molecule is C=CS(=O)(=O)Cc1cccc(Cc2ccc(C)cc2)c1-c1cn(C)c(=O)c2ccccc12. The summed E-state index contributed by atoms with van der Waals surface area (Å²) in [4.78, 5) is 12.7. The molecule has 162 valence electrons. The normalized spacial score (nSPS) is 11.6. The monoisotopic (exact) mass is 443 g/mol. The maximum absolute atomic E-state index is 12.7. The van der Waals surface area contributed by atoms with Gasteiger partial charge in [0, 0.05) is 29.6 Å². The van der Waals surface area contributed by atoms with Crippen molar-refractivity contribution in [2.24, 2.45) is 7.05 Å². The number of sulfone groups is 1. The smallest absolute Gasteiger partial charge is 0.258 e. The van der Waals surface area contributed by atoms with E-state index >= 15 is 0 Å². The molecule has 0 atom stereocenters. The Morgan fingerprint density at radius 2 is 1.56 bits per heavy atom. The molecule has 0 radical (unpaired) electrons. The second-order valence-corrected chi connectivity index (χ2v) is 10.0. The van der Waals surface area contributed by atoms with Crippen LogP contribution in [0.4, 0.5) is 0 Å². The first-order valence-electron chi connectivity index (χ1n) is 10.4. The molecule has 0 aliphatic rings. The van der Waals surface area contributed by atoms with E-state index in [-0.39, 0.29) is 11.3 Å². The summed E-state index contributed by atoms with van der Waals surface area (Å²) in [6.07, 6.45) is 2.46. The van der Waals surface area contributed by atoms with Crippen molar-refractivity contribution in [3.05, 3.63) is 118 Å². The molecule has 0 N–H and O–H groups in total. The van der Waals surface area contributed by atoms with Gasteiger partial charge in [-0.05, 0) is 47.1 Å². The van der Waals surface area contributed by atoms with E-state index in [9.17, 15) is 13.2 Å². The van der Waals surface area contributed by atoms with Crippen molar-refractivity contribution < 1.29 is 8.42 Å². The molecule has 4 aromatic rings. The number of fused-ring (bicyclic) bond motifs is 1. The van der Waals surface area contributed by atoms with E-state index in [4.69, 9.17) is 0 Å². The molecular weight excluding hydrogens is 418 g/mol. The summed E-state index contributed by atoms with van der Waals surface area (Å²) in [5, 5.41) is 2.42. The van der Waals surface area contributed by atoms with Crippen LogP contribution in [0.15, 0.2) is 89.7 Å². The van der Waals surface area contributed by atoms with Crippen molar-refractivity contribution in [1.82, 2.24) is 4.57 Å². The van der Waals surface area contributed by atoms with Crippen molar-refractivity contribution in [1.29, 1.82) is 0 Å². The number of aryl methyl sites for hydroxylation is 2. The summed E-state index contributed by atoms with van der Waals surface area (Å²) in [6, 6.07) is 21.5. The summed E-state index contributed by atoms with van der Waals surface area (Å²) in [6.45, 7) is 5.52. The zero-order valence-electron chi connectivity index (χ0n) is 18.2. The van der Waals surface area contributed by atoms with Crippen LogP contribution < -0.4 is 5.56 Å². The summed E-state index contributed by atoms with van der Waals surface area (Å²) in [5.41, 5.74) is 5.64. The molecule has 32 heavy (non-hydrogen) atoms. The highest BCUT2D eigenvalue weighted by Crippen LogP contribution is 2.35. The van der Waals surface area contributed by atoms with Gasteiger partial charge >= 0.3 is 0 Å². The third-order valence-electron chi connectivity index (χ3n) is 5.72. The van der Waals surface area contributed by atoms with Gasteiger partial charge in [-0.15, -0.1) is 0 Å². The predicted molar refractivity (Wildman–Crippen MR) is 131 cm³/mol. The molecule has 0 saturated heterocycles. The molecule has 0 aliphatic heterocycles. The zero-order valence-corrected chi connectivity index (χ0v) is 19.0. The third kappa shape index (κ3) is 4.30. The van der Waals surface area contributed by atoms with E-state index < -0.39 is 9.84 Å². The Balaban J connectivity index is 2.02. The summed E-state index contributed by atoms with van der Waals surface area (Å²) < 4.78 is 26.5. The number of benzene rings is 3. The van der Waals surface area contributed by atoms with Crippen LogP contribution in [-0.2, 0) is 29.1 Å². The van der Waals surface area contributed by atoms with Crippen LogP contribution >= 0.6 is 0 Å². The molecule has 3 aromatic carbocycles. The Morgan fingerprint density at radius 1 is 0.906 bits per heavy atom. The molecule has 0 bridgehead atoms. The van der Waals surface area contributed by atoms with Gasteiger partial charge in [0.05, 0.1) is 5.75 Å². The van der Waals surface area contributed by atoms with Crippen LogP contribution in [-0.4, -0.2) is 13.0 Å². The average Bonchev–Trinajstić information content (AvgIpc) is 2.78. The van der Waals surface area contributed by atoms with Crippen molar-refractivity contribution in [2.45, 2.75) is 19.1 Å². The fourth-order valence-corrected chi connectivity index (χ4v) is 4.88. The lowest BCUT2D eigenvalue weighted by Gasteiger charge is -2.18. The molecule has 0 unspecified atom stereocenters. The van der Waals surface area contributed by atoms with Crippen LogP contribution in [0.1, 0.15) is 22.3 Å². The Morgan fingerprint density at radius 3 is 2.25 bits per heavy atom. The van der Waals surface area contributed by atoms with E-state index in [1.54, 1.807) is 11.6 Å². The van der Waals surface area contributed by atoms with Gasteiger partial charge in [-0.3, -0.25) is 4.79 Å². The molecule has 4 rings (SSSR count). The number of hydrogen-bond donors (Lipinski definition) is 0. The minimum atomic E-state index is -3.47. The maximum Gasteiger partial charge on any atom is 0.258 e. The molecule has 0 amide bonds. The van der Waals surface area contributed by atoms with Gasteiger partial charge in [-0.25, -0.2) is 8.42 Å². The average molecular weight is 444 g/mol. The topological polar surface area (TPSA) is 56.1 Å². The number of hydrogen-bond acceptors (Lipinski definition) is 3. The van der Waals surface area contributed by atoms with Gasteiger partial charge in [0.15, 0.2) is 9.84 Å². The Labute approximate surface area is 188 Å². The van der Waals surface area contributed by atoms with Crippen LogP contribution in [0.25, 0.3) is 21.9 Å². The fourth-order valence-electron chi connectivity index (χ4n) is 4.08. The van der Waals surface area contributed by atoms with Crippen molar-refractivity contribution >= 4 is 20.6 Å². The first-order chi connectivity index (χ1) is 15.3. The summed E-state index contributed by atoms with van der Waals surface area (Å²) >= 11 is 0. The van der Waals surface area contributed by atoms with Crippen molar-refractivity contribution in [3.8, 4) is 11.1 Å². The van der Waals surface area contributed by atoms with Crippen LogP contribution in [0.5, 0.6) is 0 Å². The van der Waals surface area contributed by atoms with Crippen LogP contribution in [0.2, 0.25) is 0 Å². The highest BCUT2D eigenvalue weighted by atomic mass is 32.2. The first-order valence-corrected chi connectivity index (χ1v) is 12.1. The molecule has 0 aliphatic carbocycles. The number of rotatable bonds is 6. The van der Waals surface area contributed by atoms with Crippen molar-refractivity contribution in [2.75, 3.05) is 0 Å². The van der Waals surface area contributed by atoms with E-state index in [2.05, 4.69) is 30.8 Å². The van der Waals surface area contributed by atoms with Crippen molar-refractivity contribution in [3.63, 3.8) is 0 Å². The lowest BCUT2D eigenvalue weighted by Crippen LogP contribution is -2.17. The number of aromatic nitrogens is 1. The molecule has 5 heteroatoms. The van der Waals surface area contributed by atoms with Crippen LogP contribution in [0, 0.1) is 6.92 Å². The van der Waals surface area contributed by atoms with Crippen LogP contribution in [0.3, 0.4) is 0 Å². The Kier molecular flexibility index (Phi) is 5.85. The number of nitrogens with zero attached hydrogens (tertiary/aromatic N) is 1. The highest BCUT2D eigenvalue weighted by Gasteiger charge is 2.19. The van der Waals surface area contributed by atoms with E-state index in [0.717, 1.165) is 33.0 Å². The maximum atomic E-state index is 12.7. The molecule has 0 saturated carbocycles. The minimum Gasteiger partial charge on any atom is -0.317 e. The Bertz CT molecular complexity index is 1480. The molecule has 4 nitrogen and oxygen atoms in total.